The average molecular weight is 222 g/mol. The summed E-state index contributed by atoms with van der Waals surface area (Å²) in [6.07, 6.45) is 0.904. The lowest BCUT2D eigenvalue weighted by atomic mass is 10.1. The Bertz CT molecular complexity index is 322. The van der Waals surface area contributed by atoms with Crippen LogP contribution >= 0.6 is 0 Å². The molecule has 88 valence electrons. The molecule has 4 heteroatoms. The Balaban J connectivity index is 2.24. The summed E-state index contributed by atoms with van der Waals surface area (Å²) < 4.78 is 5.07. The van der Waals surface area contributed by atoms with Crippen LogP contribution in [-0.2, 0) is 11.2 Å². The molecule has 0 fully saturated rings. The van der Waals surface area contributed by atoms with Crippen LogP contribution in [0.15, 0.2) is 24.3 Å². The Hall–Kier alpha value is -1.55. The lowest BCUT2D eigenvalue weighted by molar-refractivity contribution is -0.119. The molecule has 0 unspecified atom stereocenters. The predicted molar refractivity (Wildman–Crippen MR) is 63.6 cm³/mol. The van der Waals surface area contributed by atoms with Crippen molar-refractivity contribution >= 4 is 5.91 Å². The second kappa shape index (κ2) is 6.85. The van der Waals surface area contributed by atoms with Gasteiger partial charge in [0.05, 0.1) is 13.7 Å². The molecule has 0 atom stereocenters. The van der Waals surface area contributed by atoms with E-state index in [-0.39, 0.29) is 5.91 Å². The largest absolute Gasteiger partial charge is 0.497 e. The second-order valence-electron chi connectivity index (χ2n) is 3.45. The van der Waals surface area contributed by atoms with E-state index in [9.17, 15) is 4.79 Å². The molecule has 16 heavy (non-hydrogen) atoms. The van der Waals surface area contributed by atoms with Crippen molar-refractivity contribution in [1.29, 1.82) is 0 Å². The molecule has 0 heterocycles. The highest BCUT2D eigenvalue weighted by Crippen LogP contribution is 2.11. The van der Waals surface area contributed by atoms with E-state index in [0.29, 0.717) is 6.54 Å². The van der Waals surface area contributed by atoms with Gasteiger partial charge in [-0.05, 0) is 30.7 Å². The maximum Gasteiger partial charge on any atom is 0.233 e. The number of ether oxygens (including phenoxy) is 1. The van der Waals surface area contributed by atoms with Gasteiger partial charge in [-0.1, -0.05) is 12.1 Å². The lowest BCUT2D eigenvalue weighted by Gasteiger charge is -2.05. The first-order valence-corrected chi connectivity index (χ1v) is 5.30. The van der Waals surface area contributed by atoms with Gasteiger partial charge in [-0.15, -0.1) is 0 Å². The zero-order chi connectivity index (χ0) is 11.8. The van der Waals surface area contributed by atoms with Gasteiger partial charge >= 0.3 is 0 Å². The maximum absolute atomic E-state index is 10.9. The first-order chi connectivity index (χ1) is 7.76. The molecule has 0 radical (unpaired) electrons. The quantitative estimate of drug-likeness (QED) is 0.692. The Morgan fingerprint density at radius 2 is 2.00 bits per heavy atom. The van der Waals surface area contributed by atoms with Crippen molar-refractivity contribution in [2.45, 2.75) is 6.42 Å². The van der Waals surface area contributed by atoms with Crippen molar-refractivity contribution in [3.05, 3.63) is 29.8 Å². The van der Waals surface area contributed by atoms with Crippen molar-refractivity contribution in [2.24, 2.45) is 0 Å². The molecular formula is C12H18N2O2. The zero-order valence-corrected chi connectivity index (χ0v) is 9.75. The second-order valence-corrected chi connectivity index (χ2v) is 3.45. The molecule has 0 saturated carbocycles. The molecule has 0 bridgehead atoms. The van der Waals surface area contributed by atoms with Crippen LogP contribution in [0.3, 0.4) is 0 Å². The van der Waals surface area contributed by atoms with Gasteiger partial charge in [0.25, 0.3) is 0 Å². The molecule has 1 aromatic rings. The van der Waals surface area contributed by atoms with E-state index in [2.05, 4.69) is 10.6 Å². The SMILES string of the molecule is CNC(=O)CNCCc1ccc(OC)cc1. The van der Waals surface area contributed by atoms with E-state index in [1.54, 1.807) is 14.2 Å². The number of hydrogen-bond donors (Lipinski definition) is 2. The van der Waals surface area contributed by atoms with Crippen molar-refractivity contribution in [3.63, 3.8) is 0 Å². The van der Waals surface area contributed by atoms with Gasteiger partial charge in [0, 0.05) is 7.05 Å². The van der Waals surface area contributed by atoms with Gasteiger partial charge in [-0.2, -0.15) is 0 Å². The van der Waals surface area contributed by atoms with E-state index in [1.165, 1.54) is 5.56 Å². The Kier molecular flexibility index (Phi) is 5.36. The fourth-order valence-corrected chi connectivity index (χ4v) is 1.32. The van der Waals surface area contributed by atoms with E-state index in [1.807, 2.05) is 24.3 Å². The first-order valence-electron chi connectivity index (χ1n) is 5.30. The number of hydrogen-bond acceptors (Lipinski definition) is 3. The topological polar surface area (TPSA) is 50.4 Å². The summed E-state index contributed by atoms with van der Waals surface area (Å²) in [5.74, 6) is 0.872. The molecular weight excluding hydrogens is 204 g/mol. The van der Waals surface area contributed by atoms with Crippen LogP contribution < -0.4 is 15.4 Å². The fourth-order valence-electron chi connectivity index (χ4n) is 1.32. The van der Waals surface area contributed by atoms with Gasteiger partial charge in [-0.25, -0.2) is 0 Å². The fraction of sp³-hybridized carbons (Fsp3) is 0.417. The molecule has 1 aromatic carbocycles. The highest BCUT2D eigenvalue weighted by atomic mass is 16.5. The third-order valence-electron chi connectivity index (χ3n) is 2.31. The van der Waals surface area contributed by atoms with Gasteiger partial charge in [0.1, 0.15) is 5.75 Å². The minimum absolute atomic E-state index is 0.00901. The molecule has 1 rings (SSSR count). The summed E-state index contributed by atoms with van der Waals surface area (Å²) in [6.45, 7) is 1.16. The minimum atomic E-state index is 0.00901. The lowest BCUT2D eigenvalue weighted by Crippen LogP contribution is -2.32. The molecule has 1 amide bonds. The van der Waals surface area contributed by atoms with Crippen LogP contribution in [0.4, 0.5) is 0 Å². The van der Waals surface area contributed by atoms with Crippen LogP contribution in [0.25, 0.3) is 0 Å². The van der Waals surface area contributed by atoms with Gasteiger partial charge in [-0.3, -0.25) is 4.79 Å². The van der Waals surface area contributed by atoms with Crippen LogP contribution in [0.1, 0.15) is 5.56 Å². The molecule has 0 aliphatic heterocycles. The van der Waals surface area contributed by atoms with Crippen molar-refractivity contribution in [2.75, 3.05) is 27.2 Å². The van der Waals surface area contributed by atoms with E-state index in [0.717, 1.165) is 18.7 Å². The molecule has 0 aliphatic carbocycles. The van der Waals surface area contributed by atoms with Crippen LogP contribution in [0, 0.1) is 0 Å². The highest BCUT2D eigenvalue weighted by molar-refractivity contribution is 5.77. The summed E-state index contributed by atoms with van der Waals surface area (Å²) in [5, 5.41) is 5.63. The third-order valence-corrected chi connectivity index (χ3v) is 2.31. The van der Waals surface area contributed by atoms with Crippen LogP contribution in [-0.4, -0.2) is 33.2 Å². The molecule has 0 aromatic heterocycles. The summed E-state index contributed by atoms with van der Waals surface area (Å²) in [4.78, 5) is 10.9. The Labute approximate surface area is 96.0 Å². The summed E-state index contributed by atoms with van der Waals surface area (Å²) in [7, 11) is 3.29. The molecule has 0 spiro atoms. The monoisotopic (exact) mass is 222 g/mol. The number of carbonyl (C=O) groups excluding carboxylic acids is 1. The van der Waals surface area contributed by atoms with Crippen molar-refractivity contribution < 1.29 is 9.53 Å². The van der Waals surface area contributed by atoms with E-state index < -0.39 is 0 Å². The number of rotatable bonds is 6. The number of benzene rings is 1. The molecule has 0 aliphatic rings. The van der Waals surface area contributed by atoms with Crippen LogP contribution in [0.2, 0.25) is 0 Å². The molecule has 0 saturated heterocycles. The minimum Gasteiger partial charge on any atom is -0.497 e. The predicted octanol–water partition coefficient (Wildman–Crippen LogP) is 0.573. The number of carbonyl (C=O) groups is 1. The third kappa shape index (κ3) is 4.31. The van der Waals surface area contributed by atoms with E-state index in [4.69, 9.17) is 4.74 Å². The smallest absolute Gasteiger partial charge is 0.233 e. The maximum atomic E-state index is 10.9. The summed E-state index contributed by atoms with van der Waals surface area (Å²) >= 11 is 0. The Morgan fingerprint density at radius 1 is 1.31 bits per heavy atom. The van der Waals surface area contributed by atoms with Crippen molar-refractivity contribution in [1.82, 2.24) is 10.6 Å². The van der Waals surface area contributed by atoms with Gasteiger partial charge in [0.15, 0.2) is 0 Å². The standard InChI is InChI=1S/C12H18N2O2/c1-13-12(15)9-14-8-7-10-3-5-11(16-2)6-4-10/h3-6,14H,7-9H2,1-2H3,(H,13,15). The normalized spacial score (nSPS) is 9.88. The van der Waals surface area contributed by atoms with Gasteiger partial charge in [0.2, 0.25) is 5.91 Å². The number of likely N-dealkylation sites (N-methyl/N-ethyl adjacent to an activating group) is 1. The van der Waals surface area contributed by atoms with Gasteiger partial charge < -0.3 is 15.4 Å². The number of methoxy groups -OCH3 is 1. The number of amides is 1. The average Bonchev–Trinajstić information content (AvgIpc) is 2.35. The Morgan fingerprint density at radius 3 is 2.56 bits per heavy atom. The molecule has 4 nitrogen and oxygen atoms in total. The molecule has 2 N–H and O–H groups in total. The zero-order valence-electron chi connectivity index (χ0n) is 9.75. The number of nitrogens with one attached hydrogen (secondary N) is 2. The summed E-state index contributed by atoms with van der Waals surface area (Å²) in [6, 6.07) is 7.93. The van der Waals surface area contributed by atoms with Crippen LogP contribution in [0.5, 0.6) is 5.75 Å². The summed E-state index contributed by atoms with van der Waals surface area (Å²) in [5.41, 5.74) is 1.23. The van der Waals surface area contributed by atoms with E-state index >= 15 is 0 Å². The van der Waals surface area contributed by atoms with Crippen molar-refractivity contribution in [3.8, 4) is 5.75 Å². The first kappa shape index (κ1) is 12.5. The highest BCUT2D eigenvalue weighted by Gasteiger charge is 1.97.